The number of hydrogen-bond acceptors (Lipinski definition) is 1. The van der Waals surface area contributed by atoms with Gasteiger partial charge in [-0.1, -0.05) is 24.3 Å². The van der Waals surface area contributed by atoms with Gasteiger partial charge in [0, 0.05) is 12.6 Å². The van der Waals surface area contributed by atoms with E-state index in [9.17, 15) is 4.79 Å². The number of para-hydroxylation sites is 1. The SMILES string of the molecule is C=CCn1c(=O)ccc2ccccc21. The number of fused-ring (bicyclic) bond motifs is 1. The molecule has 1 aromatic carbocycles. The van der Waals surface area contributed by atoms with Gasteiger partial charge in [-0.25, -0.2) is 0 Å². The van der Waals surface area contributed by atoms with E-state index in [4.69, 9.17) is 0 Å². The van der Waals surface area contributed by atoms with Crippen LogP contribution in [0, 0.1) is 0 Å². The fourth-order valence-electron chi connectivity index (χ4n) is 1.56. The third-order valence-corrected chi connectivity index (χ3v) is 2.21. The van der Waals surface area contributed by atoms with Crippen molar-refractivity contribution in [2.24, 2.45) is 0 Å². The molecule has 0 N–H and O–H groups in total. The van der Waals surface area contributed by atoms with Crippen molar-refractivity contribution in [3.05, 3.63) is 59.4 Å². The van der Waals surface area contributed by atoms with Gasteiger partial charge in [-0.3, -0.25) is 4.79 Å². The molecule has 0 bridgehead atoms. The summed E-state index contributed by atoms with van der Waals surface area (Å²) in [6.45, 7) is 4.20. The molecule has 0 aliphatic carbocycles. The zero-order chi connectivity index (χ0) is 9.97. The molecule has 0 fully saturated rings. The normalized spacial score (nSPS) is 10.3. The molecule has 2 heteroatoms. The highest BCUT2D eigenvalue weighted by molar-refractivity contribution is 5.78. The van der Waals surface area contributed by atoms with Crippen LogP contribution in [0.15, 0.2) is 53.8 Å². The van der Waals surface area contributed by atoms with Gasteiger partial charge in [-0.05, 0) is 17.5 Å². The molecule has 0 aliphatic heterocycles. The Labute approximate surface area is 82.1 Å². The third kappa shape index (κ3) is 1.35. The van der Waals surface area contributed by atoms with Crippen LogP contribution in [0.5, 0.6) is 0 Å². The van der Waals surface area contributed by atoms with Crippen molar-refractivity contribution in [3.63, 3.8) is 0 Å². The molecule has 70 valence electrons. The molecule has 1 aromatic heterocycles. The lowest BCUT2D eigenvalue weighted by Crippen LogP contribution is -2.18. The Morgan fingerprint density at radius 2 is 2.00 bits per heavy atom. The predicted octanol–water partition coefficient (Wildman–Crippen LogP) is 2.19. The molecule has 0 radical (unpaired) electrons. The van der Waals surface area contributed by atoms with E-state index in [1.54, 1.807) is 16.7 Å². The minimum Gasteiger partial charge on any atom is -0.304 e. The van der Waals surface area contributed by atoms with Crippen molar-refractivity contribution in [2.45, 2.75) is 6.54 Å². The van der Waals surface area contributed by atoms with Crippen LogP contribution < -0.4 is 5.56 Å². The number of aromatic nitrogens is 1. The molecule has 1 heterocycles. The van der Waals surface area contributed by atoms with E-state index in [1.165, 1.54) is 0 Å². The van der Waals surface area contributed by atoms with E-state index >= 15 is 0 Å². The van der Waals surface area contributed by atoms with Gasteiger partial charge in [-0.2, -0.15) is 0 Å². The zero-order valence-corrected chi connectivity index (χ0v) is 7.81. The Morgan fingerprint density at radius 3 is 2.79 bits per heavy atom. The molecular formula is C12H11NO. The predicted molar refractivity (Wildman–Crippen MR) is 58.4 cm³/mol. The van der Waals surface area contributed by atoms with Crippen molar-refractivity contribution >= 4 is 10.9 Å². The summed E-state index contributed by atoms with van der Waals surface area (Å²) in [5.41, 5.74) is 0.975. The quantitative estimate of drug-likeness (QED) is 0.657. The third-order valence-electron chi connectivity index (χ3n) is 2.21. The summed E-state index contributed by atoms with van der Waals surface area (Å²) in [6.07, 6.45) is 1.73. The summed E-state index contributed by atoms with van der Waals surface area (Å²) >= 11 is 0. The van der Waals surface area contributed by atoms with Gasteiger partial charge in [0.1, 0.15) is 0 Å². The van der Waals surface area contributed by atoms with Gasteiger partial charge in [-0.15, -0.1) is 6.58 Å². The lowest BCUT2D eigenvalue weighted by Gasteiger charge is -2.06. The second-order valence-corrected chi connectivity index (χ2v) is 3.13. The van der Waals surface area contributed by atoms with E-state index in [0.29, 0.717) is 6.54 Å². The van der Waals surface area contributed by atoms with Crippen LogP contribution in [0.1, 0.15) is 0 Å². The van der Waals surface area contributed by atoms with Crippen LogP contribution in [0.2, 0.25) is 0 Å². The average molecular weight is 185 g/mol. The van der Waals surface area contributed by atoms with Crippen molar-refractivity contribution in [1.82, 2.24) is 4.57 Å². The summed E-state index contributed by atoms with van der Waals surface area (Å²) in [5, 5.41) is 1.08. The Balaban J connectivity index is 2.82. The van der Waals surface area contributed by atoms with Crippen LogP contribution >= 0.6 is 0 Å². The molecule has 2 aromatic rings. The van der Waals surface area contributed by atoms with Gasteiger partial charge in [0.25, 0.3) is 5.56 Å². The van der Waals surface area contributed by atoms with Gasteiger partial charge in [0.05, 0.1) is 5.52 Å². The highest BCUT2D eigenvalue weighted by Gasteiger charge is 1.99. The fraction of sp³-hybridized carbons (Fsp3) is 0.0833. The van der Waals surface area contributed by atoms with Gasteiger partial charge in [0.15, 0.2) is 0 Å². The fourth-order valence-corrected chi connectivity index (χ4v) is 1.56. The standard InChI is InChI=1S/C12H11NO/c1-2-9-13-11-6-4-3-5-10(11)7-8-12(13)14/h2-8H,1,9H2. The lowest BCUT2D eigenvalue weighted by atomic mass is 10.2. The minimum absolute atomic E-state index is 0.0172. The highest BCUT2D eigenvalue weighted by atomic mass is 16.1. The second kappa shape index (κ2) is 3.50. The molecular weight excluding hydrogens is 174 g/mol. The summed E-state index contributed by atoms with van der Waals surface area (Å²) in [7, 11) is 0. The lowest BCUT2D eigenvalue weighted by molar-refractivity contribution is 0.818. The molecule has 2 nitrogen and oxygen atoms in total. The number of benzene rings is 1. The van der Waals surface area contributed by atoms with Gasteiger partial charge < -0.3 is 4.57 Å². The van der Waals surface area contributed by atoms with Crippen LogP contribution in [-0.4, -0.2) is 4.57 Å². The number of nitrogens with zero attached hydrogens (tertiary/aromatic N) is 1. The molecule has 0 atom stereocenters. The number of allylic oxidation sites excluding steroid dienone is 1. The van der Waals surface area contributed by atoms with E-state index in [-0.39, 0.29) is 5.56 Å². The first-order chi connectivity index (χ1) is 6.83. The Bertz CT molecular complexity index is 525. The van der Waals surface area contributed by atoms with Crippen molar-refractivity contribution in [1.29, 1.82) is 0 Å². The smallest absolute Gasteiger partial charge is 0.251 e. The van der Waals surface area contributed by atoms with E-state index in [0.717, 1.165) is 10.9 Å². The Hall–Kier alpha value is -1.83. The van der Waals surface area contributed by atoms with Crippen molar-refractivity contribution < 1.29 is 0 Å². The molecule has 0 saturated carbocycles. The summed E-state index contributed by atoms with van der Waals surface area (Å²) < 4.78 is 1.71. The molecule has 0 unspecified atom stereocenters. The largest absolute Gasteiger partial charge is 0.304 e. The highest BCUT2D eigenvalue weighted by Crippen LogP contribution is 2.10. The van der Waals surface area contributed by atoms with Crippen LogP contribution in [0.3, 0.4) is 0 Å². The maximum absolute atomic E-state index is 11.5. The van der Waals surface area contributed by atoms with E-state index < -0.39 is 0 Å². The Morgan fingerprint density at radius 1 is 1.21 bits per heavy atom. The maximum atomic E-state index is 11.5. The summed E-state index contributed by atoms with van der Waals surface area (Å²) in [6, 6.07) is 11.3. The number of hydrogen-bond donors (Lipinski definition) is 0. The molecule has 2 rings (SSSR count). The molecule has 0 spiro atoms. The first-order valence-electron chi connectivity index (χ1n) is 4.52. The summed E-state index contributed by atoms with van der Waals surface area (Å²) in [5.74, 6) is 0. The molecule has 14 heavy (non-hydrogen) atoms. The minimum atomic E-state index is 0.0172. The number of pyridine rings is 1. The van der Waals surface area contributed by atoms with Crippen LogP contribution in [0.25, 0.3) is 10.9 Å². The van der Waals surface area contributed by atoms with Crippen molar-refractivity contribution in [2.75, 3.05) is 0 Å². The summed E-state index contributed by atoms with van der Waals surface area (Å²) in [4.78, 5) is 11.5. The average Bonchev–Trinajstić information content (AvgIpc) is 2.23. The van der Waals surface area contributed by atoms with Gasteiger partial charge in [0.2, 0.25) is 0 Å². The molecule has 0 saturated heterocycles. The van der Waals surface area contributed by atoms with E-state index in [1.807, 2.05) is 30.3 Å². The monoisotopic (exact) mass is 185 g/mol. The van der Waals surface area contributed by atoms with E-state index in [2.05, 4.69) is 6.58 Å². The topological polar surface area (TPSA) is 22.0 Å². The number of rotatable bonds is 2. The van der Waals surface area contributed by atoms with Crippen molar-refractivity contribution in [3.8, 4) is 0 Å². The molecule has 0 amide bonds. The zero-order valence-electron chi connectivity index (χ0n) is 7.81. The maximum Gasteiger partial charge on any atom is 0.251 e. The van der Waals surface area contributed by atoms with Crippen LogP contribution in [0.4, 0.5) is 0 Å². The Kier molecular flexibility index (Phi) is 2.19. The van der Waals surface area contributed by atoms with Gasteiger partial charge >= 0.3 is 0 Å². The molecule has 0 aliphatic rings. The second-order valence-electron chi connectivity index (χ2n) is 3.13. The first kappa shape index (κ1) is 8.75. The van der Waals surface area contributed by atoms with Crippen LogP contribution in [-0.2, 0) is 6.54 Å². The first-order valence-corrected chi connectivity index (χ1v) is 4.52.